The number of amides is 1. The standard InChI is InChI=1S/C25H31N5O2.2C4H4O4/c1-27(2)25(32)19-29-16-14-28(15-17-29)18-24-26-21-10-6-7-11-22(21)30(24)13-12-23(31)20-8-4-3-5-9-20;2*5-3(6)1-2-4(7)8/h3-11H,12-19H2,1-2H3;2*1-2H,(H,5,6)(H,7,8)/b;2*2-1+. The van der Waals surface area contributed by atoms with Crippen LogP contribution in [0.4, 0.5) is 0 Å². The lowest BCUT2D eigenvalue weighted by Crippen LogP contribution is -2.49. The monoisotopic (exact) mass is 665 g/mol. The van der Waals surface area contributed by atoms with Crippen LogP contribution in [-0.2, 0) is 37.1 Å². The molecule has 15 nitrogen and oxygen atoms in total. The van der Waals surface area contributed by atoms with E-state index < -0.39 is 23.9 Å². The number of carbonyl (C=O) groups excluding carboxylic acids is 2. The molecule has 0 aliphatic carbocycles. The zero-order chi connectivity index (χ0) is 35.6. The Morgan fingerprint density at radius 3 is 1.69 bits per heavy atom. The summed E-state index contributed by atoms with van der Waals surface area (Å²) in [5.74, 6) is -3.75. The number of likely N-dealkylation sites (N-methyl/N-ethyl adjacent to an activating group) is 1. The molecule has 1 saturated heterocycles. The number of ketones is 1. The van der Waals surface area contributed by atoms with E-state index in [1.807, 2.05) is 48.5 Å². The van der Waals surface area contributed by atoms with Gasteiger partial charge in [-0.2, -0.15) is 0 Å². The van der Waals surface area contributed by atoms with Crippen LogP contribution in [0.5, 0.6) is 0 Å². The molecule has 1 fully saturated rings. The number of aryl methyl sites for hydroxylation is 1. The maximum Gasteiger partial charge on any atom is 0.328 e. The van der Waals surface area contributed by atoms with E-state index in [4.69, 9.17) is 25.4 Å². The van der Waals surface area contributed by atoms with Crippen LogP contribution in [-0.4, -0.2) is 127 Å². The van der Waals surface area contributed by atoms with E-state index in [1.54, 1.807) is 19.0 Å². The molecule has 4 N–H and O–H groups in total. The normalized spacial score (nSPS) is 13.3. The summed E-state index contributed by atoms with van der Waals surface area (Å²) < 4.78 is 2.19. The number of para-hydroxylation sites is 2. The highest BCUT2D eigenvalue weighted by Gasteiger charge is 2.22. The SMILES string of the molecule is CN(C)C(=O)CN1CCN(Cc2nc3ccccc3n2CCC(=O)c2ccccc2)CC1.O=C(O)/C=C/C(=O)O.O=C(O)/C=C/C(=O)O. The lowest BCUT2D eigenvalue weighted by Gasteiger charge is -2.34. The first-order valence-corrected chi connectivity index (χ1v) is 14.7. The van der Waals surface area contributed by atoms with E-state index in [2.05, 4.69) is 20.4 Å². The molecule has 1 aliphatic heterocycles. The zero-order valence-corrected chi connectivity index (χ0v) is 26.6. The van der Waals surface area contributed by atoms with Crippen molar-refractivity contribution < 1.29 is 49.2 Å². The molecule has 2 aromatic carbocycles. The van der Waals surface area contributed by atoms with Crippen LogP contribution < -0.4 is 0 Å². The number of hydrogen-bond donors (Lipinski definition) is 4. The molecule has 3 aromatic rings. The van der Waals surface area contributed by atoms with Gasteiger partial charge in [0.05, 0.1) is 24.1 Å². The molecule has 2 heterocycles. The number of piperazine rings is 1. The van der Waals surface area contributed by atoms with Crippen LogP contribution >= 0.6 is 0 Å². The molecule has 0 bridgehead atoms. The number of rotatable bonds is 12. The Labute approximate surface area is 276 Å². The van der Waals surface area contributed by atoms with Gasteiger partial charge < -0.3 is 29.9 Å². The molecule has 0 spiro atoms. The highest BCUT2D eigenvalue weighted by atomic mass is 16.4. The minimum atomic E-state index is -1.26. The Morgan fingerprint density at radius 1 is 0.708 bits per heavy atom. The van der Waals surface area contributed by atoms with Crippen LogP contribution in [0.25, 0.3) is 11.0 Å². The van der Waals surface area contributed by atoms with E-state index in [0.29, 0.717) is 43.8 Å². The molecule has 0 radical (unpaired) electrons. The Bertz CT molecular complexity index is 1560. The van der Waals surface area contributed by atoms with Crippen molar-refractivity contribution in [1.29, 1.82) is 0 Å². The van der Waals surface area contributed by atoms with Gasteiger partial charge in [-0.15, -0.1) is 0 Å². The number of imidazole rings is 1. The van der Waals surface area contributed by atoms with Crippen LogP contribution in [0.2, 0.25) is 0 Å². The van der Waals surface area contributed by atoms with Crippen molar-refractivity contribution in [1.82, 2.24) is 24.3 Å². The highest BCUT2D eigenvalue weighted by molar-refractivity contribution is 5.96. The number of benzene rings is 2. The predicted octanol–water partition coefficient (Wildman–Crippen LogP) is 1.94. The summed E-state index contributed by atoms with van der Waals surface area (Å²) in [6.07, 6.45) is 2.67. The van der Waals surface area contributed by atoms with Gasteiger partial charge in [-0.05, 0) is 12.1 Å². The van der Waals surface area contributed by atoms with E-state index in [9.17, 15) is 28.8 Å². The van der Waals surface area contributed by atoms with Crippen molar-refractivity contribution in [3.63, 3.8) is 0 Å². The minimum absolute atomic E-state index is 0.142. The maximum atomic E-state index is 12.7. The van der Waals surface area contributed by atoms with Crippen molar-refractivity contribution >= 4 is 46.6 Å². The molecule has 0 unspecified atom stereocenters. The third-order valence-corrected chi connectivity index (χ3v) is 6.82. The number of nitrogens with zero attached hydrogens (tertiary/aromatic N) is 5. The second-order valence-electron chi connectivity index (χ2n) is 10.6. The summed E-state index contributed by atoms with van der Waals surface area (Å²) in [5, 5.41) is 31.2. The van der Waals surface area contributed by atoms with Gasteiger partial charge in [-0.3, -0.25) is 19.4 Å². The largest absolute Gasteiger partial charge is 0.478 e. The topological polar surface area (TPSA) is 211 Å². The van der Waals surface area contributed by atoms with Crippen molar-refractivity contribution in [2.45, 2.75) is 19.5 Å². The Kier molecular flexibility index (Phi) is 15.9. The smallest absolute Gasteiger partial charge is 0.328 e. The fraction of sp³-hybridized carbons (Fsp3) is 0.303. The van der Waals surface area contributed by atoms with Crippen LogP contribution in [0.1, 0.15) is 22.6 Å². The van der Waals surface area contributed by atoms with E-state index in [0.717, 1.165) is 55.1 Å². The van der Waals surface area contributed by atoms with Gasteiger partial charge in [-0.1, -0.05) is 42.5 Å². The molecule has 0 atom stereocenters. The predicted molar refractivity (Wildman–Crippen MR) is 174 cm³/mol. The Balaban J connectivity index is 0.000000414. The van der Waals surface area contributed by atoms with Gasteiger partial charge in [0.15, 0.2) is 5.78 Å². The number of carbonyl (C=O) groups is 6. The molecular formula is C33H39N5O10. The molecule has 1 aromatic heterocycles. The Morgan fingerprint density at radius 2 is 1.19 bits per heavy atom. The quantitative estimate of drug-likeness (QED) is 0.161. The minimum Gasteiger partial charge on any atom is -0.478 e. The van der Waals surface area contributed by atoms with Crippen LogP contribution in [0, 0.1) is 0 Å². The van der Waals surface area contributed by atoms with Gasteiger partial charge in [0, 0.05) is 83.1 Å². The van der Waals surface area contributed by atoms with E-state index >= 15 is 0 Å². The first kappa shape index (κ1) is 38.5. The summed E-state index contributed by atoms with van der Waals surface area (Å²) in [6.45, 7) is 5.35. The third-order valence-electron chi connectivity index (χ3n) is 6.82. The number of fused-ring (bicyclic) bond motifs is 1. The van der Waals surface area contributed by atoms with Gasteiger partial charge in [0.25, 0.3) is 0 Å². The second-order valence-corrected chi connectivity index (χ2v) is 10.6. The fourth-order valence-electron chi connectivity index (χ4n) is 4.40. The molecule has 1 amide bonds. The summed E-state index contributed by atoms with van der Waals surface area (Å²) in [7, 11) is 3.59. The maximum absolute atomic E-state index is 12.7. The van der Waals surface area contributed by atoms with Crippen LogP contribution in [0.15, 0.2) is 78.9 Å². The first-order valence-electron chi connectivity index (χ1n) is 14.7. The number of hydrogen-bond acceptors (Lipinski definition) is 9. The van der Waals surface area contributed by atoms with Crippen LogP contribution in [0.3, 0.4) is 0 Å². The zero-order valence-electron chi connectivity index (χ0n) is 26.6. The summed E-state index contributed by atoms with van der Waals surface area (Å²) in [5.41, 5.74) is 2.78. The Hall–Kier alpha value is -5.67. The molecular weight excluding hydrogens is 626 g/mol. The number of aliphatic carboxylic acids is 4. The van der Waals surface area contributed by atoms with Gasteiger partial charge in [-0.25, -0.2) is 24.2 Å². The van der Waals surface area contributed by atoms with Crippen molar-refractivity contribution in [2.75, 3.05) is 46.8 Å². The van der Waals surface area contributed by atoms with Gasteiger partial charge >= 0.3 is 23.9 Å². The lowest BCUT2D eigenvalue weighted by molar-refractivity contribution is -0.134. The average molecular weight is 666 g/mol. The molecule has 48 heavy (non-hydrogen) atoms. The molecule has 15 heteroatoms. The fourth-order valence-corrected chi connectivity index (χ4v) is 4.40. The second kappa shape index (κ2) is 19.8. The van der Waals surface area contributed by atoms with Crippen molar-refractivity contribution in [2.24, 2.45) is 0 Å². The van der Waals surface area contributed by atoms with Crippen molar-refractivity contribution in [3.8, 4) is 0 Å². The summed E-state index contributed by atoms with van der Waals surface area (Å²) >= 11 is 0. The van der Waals surface area contributed by atoms with Gasteiger partial charge in [0.1, 0.15) is 5.82 Å². The number of carboxylic acids is 4. The summed E-state index contributed by atoms with van der Waals surface area (Å²) in [4.78, 5) is 74.0. The first-order chi connectivity index (χ1) is 22.8. The van der Waals surface area contributed by atoms with Gasteiger partial charge in [0.2, 0.25) is 5.91 Å². The molecule has 1 aliphatic rings. The average Bonchev–Trinajstić information content (AvgIpc) is 3.40. The van der Waals surface area contributed by atoms with Crippen molar-refractivity contribution in [3.05, 3.63) is 90.3 Å². The lowest BCUT2D eigenvalue weighted by atomic mass is 10.1. The summed E-state index contributed by atoms with van der Waals surface area (Å²) in [6, 6.07) is 17.6. The molecule has 0 saturated carbocycles. The third kappa shape index (κ3) is 14.2. The van der Waals surface area contributed by atoms with E-state index in [1.165, 1.54) is 0 Å². The number of carboxylic acid groups (broad SMARTS) is 4. The molecule has 4 rings (SSSR count). The number of aromatic nitrogens is 2. The van der Waals surface area contributed by atoms with E-state index in [-0.39, 0.29) is 11.7 Å². The number of Topliss-reactive ketones (excluding diaryl/α,β-unsaturated/α-hetero) is 1. The highest BCUT2D eigenvalue weighted by Crippen LogP contribution is 2.19. The molecule has 256 valence electrons.